The van der Waals surface area contributed by atoms with E-state index < -0.39 is 55.8 Å². The van der Waals surface area contributed by atoms with Crippen LogP contribution in [0.2, 0.25) is 0 Å². The number of methoxy groups -OCH3 is 3. The maximum absolute atomic E-state index is 11.8. The topological polar surface area (TPSA) is 168 Å². The minimum absolute atomic E-state index is 0.867. The molecule has 1 N–H and O–H groups in total. The van der Waals surface area contributed by atoms with E-state index in [2.05, 4.69) is 14.2 Å². The number of benzene rings is 1. The van der Waals surface area contributed by atoms with Crippen molar-refractivity contribution in [2.75, 3.05) is 21.3 Å². The Hall–Kier alpha value is -3.44. The van der Waals surface area contributed by atoms with Crippen molar-refractivity contribution in [2.45, 2.75) is 0 Å². The van der Waals surface area contributed by atoms with E-state index in [9.17, 15) is 29.8 Å². The monoisotopic (exact) mass is 330 g/mol. The first-order valence-corrected chi connectivity index (χ1v) is 5.65. The van der Waals surface area contributed by atoms with E-state index >= 15 is 0 Å². The molecule has 1 aromatic rings. The predicted molar refractivity (Wildman–Crippen MR) is 71.2 cm³/mol. The summed E-state index contributed by atoms with van der Waals surface area (Å²) in [6, 6.07) is 0. The van der Waals surface area contributed by atoms with Crippen LogP contribution in [-0.2, 0) is 4.74 Å². The lowest BCUT2D eigenvalue weighted by molar-refractivity contribution is -0.391. The van der Waals surface area contributed by atoms with Crippen LogP contribution in [0.5, 0.6) is 11.5 Å². The summed E-state index contributed by atoms with van der Waals surface area (Å²) in [4.78, 5) is 43.3. The predicted octanol–water partition coefficient (Wildman–Crippen LogP) is 1.00. The van der Waals surface area contributed by atoms with E-state index in [0.717, 1.165) is 21.3 Å². The van der Waals surface area contributed by atoms with Crippen LogP contribution in [0.4, 0.5) is 11.4 Å². The quantitative estimate of drug-likeness (QED) is 0.451. The fourth-order valence-corrected chi connectivity index (χ4v) is 1.91. The Morgan fingerprint density at radius 3 is 1.61 bits per heavy atom. The maximum Gasteiger partial charge on any atom is 0.349 e. The molecule has 0 aliphatic carbocycles. The summed E-state index contributed by atoms with van der Waals surface area (Å²) in [5.41, 5.74) is -4.32. The second-order valence-corrected chi connectivity index (χ2v) is 3.82. The van der Waals surface area contributed by atoms with Gasteiger partial charge in [0.15, 0.2) is 11.1 Å². The molecule has 23 heavy (non-hydrogen) atoms. The van der Waals surface area contributed by atoms with E-state index in [4.69, 9.17) is 5.11 Å². The molecule has 0 saturated heterocycles. The van der Waals surface area contributed by atoms with Crippen molar-refractivity contribution in [2.24, 2.45) is 0 Å². The third-order valence-electron chi connectivity index (χ3n) is 2.73. The lowest BCUT2D eigenvalue weighted by Crippen LogP contribution is -2.15. The lowest BCUT2D eigenvalue weighted by Gasteiger charge is -2.13. The number of carboxylic acids is 1. The summed E-state index contributed by atoms with van der Waals surface area (Å²) in [5.74, 6) is -5.07. The van der Waals surface area contributed by atoms with Crippen LogP contribution in [0.1, 0.15) is 20.7 Å². The number of nitro benzene ring substituents is 2. The standard InChI is InChI=1S/C11H10N2O10/c1-21-8-4(10(14)15)6(12(17)18)9(22-2)5(11(16)23-3)7(8)13(19)20/h1-3H3,(H,14,15). The Labute approximate surface area is 127 Å². The number of hydrogen-bond acceptors (Lipinski definition) is 9. The van der Waals surface area contributed by atoms with Gasteiger partial charge in [-0.25, -0.2) is 9.59 Å². The van der Waals surface area contributed by atoms with Gasteiger partial charge in [0.25, 0.3) is 0 Å². The summed E-state index contributed by atoms with van der Waals surface area (Å²) in [7, 11) is 2.64. The number of hydrogen-bond donors (Lipinski definition) is 1. The van der Waals surface area contributed by atoms with Crippen molar-refractivity contribution in [1.29, 1.82) is 0 Å². The minimum Gasteiger partial charge on any atom is -0.489 e. The van der Waals surface area contributed by atoms with Gasteiger partial charge >= 0.3 is 23.3 Å². The Morgan fingerprint density at radius 1 is 0.913 bits per heavy atom. The second-order valence-electron chi connectivity index (χ2n) is 3.82. The molecule has 0 radical (unpaired) electrons. The molecular formula is C11H10N2O10. The number of nitro groups is 2. The van der Waals surface area contributed by atoms with E-state index in [0.29, 0.717) is 0 Å². The molecular weight excluding hydrogens is 320 g/mol. The molecule has 12 nitrogen and oxygen atoms in total. The summed E-state index contributed by atoms with van der Waals surface area (Å²) in [5, 5.41) is 31.6. The normalized spacial score (nSPS) is 9.87. The average Bonchev–Trinajstić information content (AvgIpc) is 2.50. The number of nitrogens with zero attached hydrogens (tertiary/aromatic N) is 2. The van der Waals surface area contributed by atoms with Gasteiger partial charge in [-0.3, -0.25) is 20.2 Å². The smallest absolute Gasteiger partial charge is 0.349 e. The van der Waals surface area contributed by atoms with Crippen molar-refractivity contribution in [3.8, 4) is 11.5 Å². The van der Waals surface area contributed by atoms with Crippen LogP contribution in [0.25, 0.3) is 0 Å². The van der Waals surface area contributed by atoms with Crippen molar-refractivity contribution in [1.82, 2.24) is 0 Å². The summed E-state index contributed by atoms with van der Waals surface area (Å²) in [6.07, 6.45) is 0. The molecule has 0 unspecified atom stereocenters. The number of ether oxygens (including phenoxy) is 3. The molecule has 1 aromatic carbocycles. The van der Waals surface area contributed by atoms with E-state index in [1.54, 1.807) is 0 Å². The first-order chi connectivity index (χ1) is 10.7. The van der Waals surface area contributed by atoms with Crippen LogP contribution in [0.3, 0.4) is 0 Å². The Bertz CT molecular complexity index is 711. The molecule has 0 spiro atoms. The average molecular weight is 330 g/mol. The number of carboxylic acid groups (broad SMARTS) is 1. The minimum atomic E-state index is -1.87. The van der Waals surface area contributed by atoms with Gasteiger partial charge in [0.1, 0.15) is 0 Å². The van der Waals surface area contributed by atoms with Gasteiger partial charge in [-0.2, -0.15) is 0 Å². The number of aromatic carboxylic acids is 1. The highest BCUT2D eigenvalue weighted by molar-refractivity contribution is 6.07. The molecule has 0 aliphatic rings. The molecule has 12 heteroatoms. The highest BCUT2D eigenvalue weighted by atomic mass is 16.6. The van der Waals surface area contributed by atoms with E-state index in [1.165, 1.54) is 0 Å². The SMILES string of the molecule is COC(=O)c1c(OC)c([N+](=O)[O-])c(C(=O)O)c(OC)c1[N+](=O)[O-]. The number of carbonyl (C=O) groups excluding carboxylic acids is 1. The molecule has 0 bridgehead atoms. The zero-order valence-corrected chi connectivity index (χ0v) is 12.0. The van der Waals surface area contributed by atoms with E-state index in [1.807, 2.05) is 0 Å². The van der Waals surface area contributed by atoms with Crippen molar-refractivity contribution >= 4 is 23.3 Å². The first kappa shape index (κ1) is 17.6. The first-order valence-electron chi connectivity index (χ1n) is 5.65. The van der Waals surface area contributed by atoms with Gasteiger partial charge < -0.3 is 19.3 Å². The summed E-state index contributed by atoms with van der Waals surface area (Å²) < 4.78 is 13.7. The van der Waals surface area contributed by atoms with Crippen LogP contribution in [-0.4, -0.2) is 48.2 Å². The third kappa shape index (κ3) is 2.81. The lowest BCUT2D eigenvalue weighted by atomic mass is 10.0. The van der Waals surface area contributed by atoms with Gasteiger partial charge in [0, 0.05) is 0 Å². The van der Waals surface area contributed by atoms with Crippen molar-refractivity contribution < 1.29 is 38.8 Å². The fourth-order valence-electron chi connectivity index (χ4n) is 1.91. The summed E-state index contributed by atoms with van der Waals surface area (Å²) in [6.45, 7) is 0. The van der Waals surface area contributed by atoms with Crippen molar-refractivity contribution in [3.05, 3.63) is 31.4 Å². The molecule has 0 saturated carbocycles. The molecule has 0 fully saturated rings. The Balaban J connectivity index is 4.23. The Morgan fingerprint density at radius 2 is 1.30 bits per heavy atom. The number of carbonyl (C=O) groups is 2. The largest absolute Gasteiger partial charge is 0.489 e. The highest BCUT2D eigenvalue weighted by Crippen LogP contribution is 2.48. The zero-order valence-electron chi connectivity index (χ0n) is 12.0. The molecule has 0 amide bonds. The van der Waals surface area contributed by atoms with Gasteiger partial charge in [-0.15, -0.1) is 0 Å². The second kappa shape index (κ2) is 6.55. The highest BCUT2D eigenvalue weighted by Gasteiger charge is 2.44. The fraction of sp³-hybridized carbons (Fsp3) is 0.273. The molecule has 0 aliphatic heterocycles. The van der Waals surface area contributed by atoms with Gasteiger partial charge in [0.05, 0.1) is 31.2 Å². The number of rotatable bonds is 6. The van der Waals surface area contributed by atoms with Gasteiger partial charge in [-0.05, 0) is 0 Å². The third-order valence-corrected chi connectivity index (χ3v) is 2.73. The Kier molecular flexibility index (Phi) is 5.02. The molecule has 0 heterocycles. The summed E-state index contributed by atoms with van der Waals surface area (Å²) >= 11 is 0. The molecule has 1 rings (SSSR count). The van der Waals surface area contributed by atoms with E-state index in [-0.39, 0.29) is 0 Å². The van der Waals surface area contributed by atoms with Crippen LogP contribution in [0, 0.1) is 20.2 Å². The molecule has 124 valence electrons. The van der Waals surface area contributed by atoms with Crippen LogP contribution >= 0.6 is 0 Å². The molecule has 0 atom stereocenters. The number of esters is 1. The maximum atomic E-state index is 11.8. The van der Waals surface area contributed by atoms with Crippen LogP contribution in [0.15, 0.2) is 0 Å². The van der Waals surface area contributed by atoms with Crippen molar-refractivity contribution in [3.63, 3.8) is 0 Å². The van der Waals surface area contributed by atoms with Crippen LogP contribution < -0.4 is 9.47 Å². The van der Waals surface area contributed by atoms with Gasteiger partial charge in [0.2, 0.25) is 11.5 Å². The molecule has 0 aromatic heterocycles. The zero-order chi connectivity index (χ0) is 17.9. The van der Waals surface area contributed by atoms with Gasteiger partial charge in [-0.1, -0.05) is 0 Å².